The van der Waals surface area contributed by atoms with E-state index in [-0.39, 0.29) is 0 Å². The van der Waals surface area contributed by atoms with Crippen molar-refractivity contribution in [2.45, 2.75) is 103 Å². The van der Waals surface area contributed by atoms with Crippen LogP contribution in [0.5, 0.6) is 0 Å². The molecule has 0 saturated carbocycles. The third kappa shape index (κ3) is 12.2. The number of rotatable bonds is 17. The summed E-state index contributed by atoms with van der Waals surface area (Å²) in [6, 6.07) is 0.585. The van der Waals surface area contributed by atoms with Crippen LogP contribution in [0.4, 0.5) is 0 Å². The van der Waals surface area contributed by atoms with Crippen molar-refractivity contribution < 1.29 is 5.11 Å². The highest BCUT2D eigenvalue weighted by Crippen LogP contribution is 2.16. The maximum Gasteiger partial charge on any atom is 0.0853 e. The van der Waals surface area contributed by atoms with E-state index >= 15 is 0 Å². The Hall–Kier alpha value is -0.830. The molecule has 1 unspecified atom stereocenters. The second-order valence-electron chi connectivity index (χ2n) is 7.44. The highest BCUT2D eigenvalue weighted by atomic mass is 16.2. The number of aliphatic hydroxyl groups is 1. The summed E-state index contributed by atoms with van der Waals surface area (Å²) in [6.45, 7) is 4.60. The van der Waals surface area contributed by atoms with Gasteiger partial charge < -0.3 is 10.0 Å². The Morgan fingerprint density at radius 1 is 0.920 bits per heavy atom. The van der Waals surface area contributed by atoms with Gasteiger partial charge in [0.05, 0.1) is 12.9 Å². The van der Waals surface area contributed by atoms with Crippen LogP contribution in [-0.4, -0.2) is 42.1 Å². The van der Waals surface area contributed by atoms with Crippen LogP contribution in [0.1, 0.15) is 96.8 Å². The van der Waals surface area contributed by atoms with Gasteiger partial charge in [-0.15, -0.1) is 0 Å². The van der Waals surface area contributed by atoms with Gasteiger partial charge in [0, 0.05) is 19.2 Å². The number of hydrogen-bond donors (Lipinski definition) is 1. The number of aliphatic hydroxyl groups excluding tert-OH is 1. The number of hydrogen-bond acceptors (Lipinski definition) is 3. The van der Waals surface area contributed by atoms with Crippen LogP contribution in [0.15, 0.2) is 17.1 Å². The van der Waals surface area contributed by atoms with Gasteiger partial charge in [-0.2, -0.15) is 0 Å². The summed E-state index contributed by atoms with van der Waals surface area (Å²) >= 11 is 0. The Balaban J connectivity index is 1.95. The van der Waals surface area contributed by atoms with E-state index in [4.69, 9.17) is 5.11 Å². The highest BCUT2D eigenvalue weighted by Gasteiger charge is 2.17. The first kappa shape index (κ1) is 22.2. The van der Waals surface area contributed by atoms with E-state index in [1.165, 1.54) is 77.0 Å². The maximum atomic E-state index is 9.08. The molecule has 0 radical (unpaired) electrons. The molecule has 0 aliphatic carbocycles. The molecule has 0 aromatic carbocycles. The standard InChI is InChI=1S/C22H42N2O/c1-2-3-4-5-6-7-8-9-10-11-12-13-14-16-22(17-15-20-25)24-19-18-23-21-24/h9-10,21-22,25H,2-8,11-20H2,1H3. The summed E-state index contributed by atoms with van der Waals surface area (Å²) in [5, 5.41) is 9.08. The zero-order valence-corrected chi connectivity index (χ0v) is 16.7. The minimum absolute atomic E-state index is 0.310. The zero-order chi connectivity index (χ0) is 18.0. The van der Waals surface area contributed by atoms with Crippen LogP contribution in [0, 0.1) is 0 Å². The average molecular weight is 351 g/mol. The molecular weight excluding hydrogens is 308 g/mol. The summed E-state index contributed by atoms with van der Waals surface area (Å²) in [4.78, 5) is 6.72. The molecule has 25 heavy (non-hydrogen) atoms. The van der Waals surface area contributed by atoms with Gasteiger partial charge in [0.1, 0.15) is 0 Å². The molecule has 1 heterocycles. The van der Waals surface area contributed by atoms with Crippen molar-refractivity contribution in [3.8, 4) is 0 Å². The molecule has 1 aliphatic heterocycles. The minimum Gasteiger partial charge on any atom is -0.396 e. The van der Waals surface area contributed by atoms with Crippen LogP contribution in [-0.2, 0) is 0 Å². The zero-order valence-electron chi connectivity index (χ0n) is 16.7. The van der Waals surface area contributed by atoms with Crippen molar-refractivity contribution in [1.29, 1.82) is 0 Å². The van der Waals surface area contributed by atoms with Crippen LogP contribution < -0.4 is 0 Å². The van der Waals surface area contributed by atoms with E-state index < -0.39 is 0 Å². The van der Waals surface area contributed by atoms with E-state index in [0.29, 0.717) is 12.6 Å². The van der Waals surface area contributed by atoms with Crippen molar-refractivity contribution >= 4 is 6.34 Å². The molecule has 0 aromatic heterocycles. The van der Waals surface area contributed by atoms with Crippen LogP contribution >= 0.6 is 0 Å². The van der Waals surface area contributed by atoms with Crippen molar-refractivity contribution in [1.82, 2.24) is 4.90 Å². The predicted octanol–water partition coefficient (Wildman–Crippen LogP) is 5.73. The van der Waals surface area contributed by atoms with Gasteiger partial charge in [-0.3, -0.25) is 4.99 Å². The van der Waals surface area contributed by atoms with Crippen molar-refractivity contribution in [3.63, 3.8) is 0 Å². The van der Waals surface area contributed by atoms with Crippen LogP contribution in [0.3, 0.4) is 0 Å². The lowest BCUT2D eigenvalue weighted by Gasteiger charge is -2.26. The molecule has 0 saturated heterocycles. The summed E-state index contributed by atoms with van der Waals surface area (Å²) < 4.78 is 0. The quantitative estimate of drug-likeness (QED) is 0.269. The first-order valence-electron chi connectivity index (χ1n) is 10.9. The Labute approximate surface area is 156 Å². The third-order valence-electron chi connectivity index (χ3n) is 5.18. The first-order chi connectivity index (χ1) is 12.4. The van der Waals surface area contributed by atoms with Crippen molar-refractivity contribution in [2.75, 3.05) is 19.7 Å². The molecule has 0 bridgehead atoms. The summed E-state index contributed by atoms with van der Waals surface area (Å²) in [7, 11) is 0. The molecule has 1 aliphatic rings. The third-order valence-corrected chi connectivity index (χ3v) is 5.18. The summed E-state index contributed by atoms with van der Waals surface area (Å²) in [5.41, 5.74) is 0. The Kier molecular flexibility index (Phi) is 14.8. The first-order valence-corrected chi connectivity index (χ1v) is 10.9. The maximum absolute atomic E-state index is 9.08. The fraction of sp³-hybridized carbons (Fsp3) is 0.864. The second kappa shape index (κ2) is 16.6. The van der Waals surface area contributed by atoms with E-state index in [9.17, 15) is 0 Å². The lowest BCUT2D eigenvalue weighted by molar-refractivity contribution is 0.242. The normalized spacial score (nSPS) is 15.5. The molecule has 1 atom stereocenters. The van der Waals surface area contributed by atoms with Gasteiger partial charge in [-0.05, 0) is 44.9 Å². The molecule has 0 aromatic rings. The molecule has 0 amide bonds. The van der Waals surface area contributed by atoms with Gasteiger partial charge in [0.25, 0.3) is 0 Å². The van der Waals surface area contributed by atoms with Gasteiger partial charge in [0.2, 0.25) is 0 Å². The fourth-order valence-corrected chi connectivity index (χ4v) is 3.57. The smallest absolute Gasteiger partial charge is 0.0853 e. The van der Waals surface area contributed by atoms with E-state index in [2.05, 4.69) is 29.0 Å². The molecule has 3 heteroatoms. The van der Waals surface area contributed by atoms with Crippen LogP contribution in [0.2, 0.25) is 0 Å². The number of allylic oxidation sites excluding steroid dienone is 2. The highest BCUT2D eigenvalue weighted by molar-refractivity contribution is 5.57. The Morgan fingerprint density at radius 3 is 2.20 bits per heavy atom. The van der Waals surface area contributed by atoms with Gasteiger partial charge in [-0.25, -0.2) is 0 Å². The lowest BCUT2D eigenvalue weighted by Crippen LogP contribution is -2.33. The molecular formula is C22H42N2O. The van der Waals surface area contributed by atoms with Gasteiger partial charge >= 0.3 is 0 Å². The average Bonchev–Trinajstić information content (AvgIpc) is 3.16. The minimum atomic E-state index is 0.310. The summed E-state index contributed by atoms with van der Waals surface area (Å²) in [5.74, 6) is 0. The molecule has 1 N–H and O–H groups in total. The Bertz CT molecular complexity index is 341. The fourth-order valence-electron chi connectivity index (χ4n) is 3.57. The summed E-state index contributed by atoms with van der Waals surface area (Å²) in [6.07, 6.45) is 24.8. The molecule has 146 valence electrons. The van der Waals surface area contributed by atoms with Crippen molar-refractivity contribution in [2.24, 2.45) is 4.99 Å². The molecule has 0 spiro atoms. The monoisotopic (exact) mass is 350 g/mol. The van der Waals surface area contributed by atoms with Crippen molar-refractivity contribution in [3.05, 3.63) is 12.2 Å². The van der Waals surface area contributed by atoms with E-state index in [1.807, 2.05) is 6.34 Å². The molecule has 1 rings (SSSR count). The lowest BCUT2D eigenvalue weighted by atomic mass is 10.0. The van der Waals surface area contributed by atoms with E-state index in [1.54, 1.807) is 0 Å². The van der Waals surface area contributed by atoms with E-state index in [0.717, 1.165) is 25.9 Å². The Morgan fingerprint density at radius 2 is 1.56 bits per heavy atom. The molecule has 0 fully saturated rings. The largest absolute Gasteiger partial charge is 0.396 e. The number of unbranched alkanes of at least 4 members (excludes halogenated alkanes) is 9. The van der Waals surface area contributed by atoms with Gasteiger partial charge in [-0.1, -0.05) is 64.0 Å². The topological polar surface area (TPSA) is 35.8 Å². The second-order valence-corrected chi connectivity index (χ2v) is 7.44. The number of aliphatic imine (C=N–C) groups is 1. The predicted molar refractivity (Wildman–Crippen MR) is 110 cm³/mol. The van der Waals surface area contributed by atoms with Crippen LogP contribution in [0.25, 0.3) is 0 Å². The number of nitrogens with zero attached hydrogens (tertiary/aromatic N) is 2. The molecule has 3 nitrogen and oxygen atoms in total. The SMILES string of the molecule is CCCCCCCCC=CCCCCCC(CCCO)N1C=NCC1. The van der Waals surface area contributed by atoms with Gasteiger partial charge in [0.15, 0.2) is 0 Å².